The zero-order chi connectivity index (χ0) is 21.9. The Bertz CT molecular complexity index is 1320. The highest BCUT2D eigenvalue weighted by Gasteiger charge is 2.62. The number of nitriles is 1. The van der Waals surface area contributed by atoms with Gasteiger partial charge in [-0.25, -0.2) is 28.1 Å². The summed E-state index contributed by atoms with van der Waals surface area (Å²) in [7, 11) is -3.77. The SMILES string of the molecule is Cc1ccc(S(=O)(=O)NC23CCC(C#N)(C2)C3)cc1-c1cnc(N)c(-c2ncco2)n1. The molecule has 0 saturated heterocycles. The molecule has 3 aliphatic rings. The Morgan fingerprint density at radius 3 is 2.74 bits per heavy atom. The standard InChI is InChI=1S/C21H20N6O3S/c1-13-2-3-14(31(28,29)27-21-5-4-20(10-21,11-21)12-22)8-15(13)16-9-25-18(23)17(26-16)19-24-6-7-30-19/h2-3,6-9,27H,4-5,10-11H2,1H3,(H2,23,25). The number of nitrogens with one attached hydrogen (secondary N) is 1. The first kappa shape index (κ1) is 19.7. The van der Waals surface area contributed by atoms with Crippen molar-refractivity contribution in [1.82, 2.24) is 19.7 Å². The van der Waals surface area contributed by atoms with Crippen molar-refractivity contribution in [3.63, 3.8) is 0 Å². The van der Waals surface area contributed by atoms with Crippen molar-refractivity contribution in [2.24, 2.45) is 5.41 Å². The normalized spacial score (nSPS) is 24.5. The molecule has 2 aromatic heterocycles. The topological polar surface area (TPSA) is 148 Å². The second kappa shape index (κ2) is 6.60. The van der Waals surface area contributed by atoms with Crippen molar-refractivity contribution in [2.45, 2.75) is 43.0 Å². The molecule has 2 heterocycles. The Morgan fingerprint density at radius 1 is 1.26 bits per heavy atom. The lowest BCUT2D eigenvalue weighted by Crippen LogP contribution is -2.55. The minimum Gasteiger partial charge on any atom is -0.443 e. The zero-order valence-electron chi connectivity index (χ0n) is 16.8. The van der Waals surface area contributed by atoms with E-state index in [1.165, 1.54) is 18.7 Å². The number of sulfonamides is 1. The second-order valence-corrected chi connectivity index (χ2v) is 10.1. The maximum absolute atomic E-state index is 13.1. The van der Waals surface area contributed by atoms with E-state index in [1.807, 2.05) is 6.92 Å². The third-order valence-electron chi connectivity index (χ3n) is 6.25. The number of anilines is 1. The third-order valence-corrected chi connectivity index (χ3v) is 7.83. The predicted molar refractivity (Wildman–Crippen MR) is 112 cm³/mol. The molecule has 0 radical (unpaired) electrons. The smallest absolute Gasteiger partial charge is 0.248 e. The van der Waals surface area contributed by atoms with Crippen LogP contribution in [0.3, 0.4) is 0 Å². The molecule has 3 N–H and O–H groups in total. The van der Waals surface area contributed by atoms with Gasteiger partial charge in [-0.05, 0) is 50.3 Å². The number of fused-ring (bicyclic) bond motifs is 1. The number of nitrogens with zero attached hydrogens (tertiary/aromatic N) is 4. The number of nitrogens with two attached hydrogens (primary N) is 1. The first-order valence-electron chi connectivity index (χ1n) is 9.84. The van der Waals surface area contributed by atoms with Crippen molar-refractivity contribution in [1.29, 1.82) is 5.26 Å². The van der Waals surface area contributed by atoms with Crippen LogP contribution in [0.15, 0.2) is 46.2 Å². The summed E-state index contributed by atoms with van der Waals surface area (Å²) in [4.78, 5) is 12.9. The van der Waals surface area contributed by atoms with Gasteiger partial charge in [0.05, 0.1) is 34.5 Å². The molecule has 0 spiro atoms. The van der Waals surface area contributed by atoms with Crippen LogP contribution in [0, 0.1) is 23.7 Å². The molecule has 2 bridgehead atoms. The van der Waals surface area contributed by atoms with Gasteiger partial charge < -0.3 is 10.2 Å². The number of aromatic nitrogens is 3. The maximum Gasteiger partial charge on any atom is 0.248 e. The number of aryl methyl sites for hydroxylation is 1. The molecule has 0 amide bonds. The maximum atomic E-state index is 13.1. The van der Waals surface area contributed by atoms with Crippen molar-refractivity contribution in [2.75, 3.05) is 5.73 Å². The highest BCUT2D eigenvalue weighted by atomic mass is 32.2. The molecule has 0 unspecified atom stereocenters. The van der Waals surface area contributed by atoms with Gasteiger partial charge in [-0.2, -0.15) is 5.26 Å². The van der Waals surface area contributed by atoms with Crippen molar-refractivity contribution < 1.29 is 12.8 Å². The fourth-order valence-electron chi connectivity index (χ4n) is 4.75. The summed E-state index contributed by atoms with van der Waals surface area (Å²) in [5.74, 6) is 0.404. The van der Waals surface area contributed by atoms with Crippen LogP contribution in [-0.4, -0.2) is 28.9 Å². The number of hydrogen-bond acceptors (Lipinski definition) is 8. The van der Waals surface area contributed by atoms with E-state index in [0.29, 0.717) is 36.2 Å². The number of benzene rings is 1. The number of oxazole rings is 1. The van der Waals surface area contributed by atoms with Crippen molar-refractivity contribution in [3.8, 4) is 28.9 Å². The van der Waals surface area contributed by atoms with Crippen LogP contribution in [0.5, 0.6) is 0 Å². The van der Waals surface area contributed by atoms with E-state index in [4.69, 9.17) is 10.2 Å². The Labute approximate surface area is 179 Å². The molecule has 158 valence electrons. The minimum absolute atomic E-state index is 0.139. The second-order valence-electron chi connectivity index (χ2n) is 8.43. The molecule has 31 heavy (non-hydrogen) atoms. The minimum atomic E-state index is -3.77. The lowest BCUT2D eigenvalue weighted by atomic mass is 9.66. The first-order valence-corrected chi connectivity index (χ1v) is 11.3. The van der Waals surface area contributed by atoms with Crippen LogP contribution in [0.1, 0.15) is 31.2 Å². The highest BCUT2D eigenvalue weighted by Crippen LogP contribution is 2.61. The van der Waals surface area contributed by atoms with E-state index in [-0.39, 0.29) is 22.0 Å². The number of hydrogen-bond donors (Lipinski definition) is 2. The molecule has 3 aromatic rings. The molecule has 1 aromatic carbocycles. The van der Waals surface area contributed by atoms with E-state index in [0.717, 1.165) is 12.0 Å². The first-order chi connectivity index (χ1) is 14.7. The molecule has 3 saturated carbocycles. The molecule has 10 heteroatoms. The van der Waals surface area contributed by atoms with Gasteiger partial charge in [0.1, 0.15) is 6.26 Å². The van der Waals surface area contributed by atoms with Gasteiger partial charge in [-0.1, -0.05) is 6.07 Å². The van der Waals surface area contributed by atoms with Gasteiger partial charge in [-0.15, -0.1) is 0 Å². The highest BCUT2D eigenvalue weighted by molar-refractivity contribution is 7.89. The Morgan fingerprint density at radius 2 is 2.06 bits per heavy atom. The van der Waals surface area contributed by atoms with Crippen LogP contribution in [0.4, 0.5) is 5.82 Å². The average molecular weight is 436 g/mol. The van der Waals surface area contributed by atoms with Gasteiger partial charge in [0, 0.05) is 11.1 Å². The van der Waals surface area contributed by atoms with E-state index in [2.05, 4.69) is 25.7 Å². The summed E-state index contributed by atoms with van der Waals surface area (Å²) in [6.07, 6.45) is 6.94. The molecule has 6 rings (SSSR count). The van der Waals surface area contributed by atoms with Crippen LogP contribution < -0.4 is 10.5 Å². The monoisotopic (exact) mass is 436 g/mol. The fourth-order valence-corrected chi connectivity index (χ4v) is 6.20. The summed E-state index contributed by atoms with van der Waals surface area (Å²) in [5, 5.41) is 9.34. The van der Waals surface area contributed by atoms with Gasteiger partial charge in [-0.3, -0.25) is 0 Å². The molecule has 3 aliphatic carbocycles. The summed E-state index contributed by atoms with van der Waals surface area (Å²) in [6, 6.07) is 7.23. The van der Waals surface area contributed by atoms with Crippen LogP contribution in [0.2, 0.25) is 0 Å². The van der Waals surface area contributed by atoms with Crippen LogP contribution >= 0.6 is 0 Å². The summed E-state index contributed by atoms with van der Waals surface area (Å²) >= 11 is 0. The largest absolute Gasteiger partial charge is 0.443 e. The third kappa shape index (κ3) is 3.17. The molecular weight excluding hydrogens is 416 g/mol. The summed E-state index contributed by atoms with van der Waals surface area (Å²) in [6.45, 7) is 1.87. The Hall–Kier alpha value is -3.29. The molecule has 0 atom stereocenters. The van der Waals surface area contributed by atoms with E-state index < -0.39 is 15.6 Å². The predicted octanol–water partition coefficient (Wildman–Crippen LogP) is 2.80. The molecule has 3 fully saturated rings. The Kier molecular flexibility index (Phi) is 4.19. The quantitative estimate of drug-likeness (QED) is 0.620. The van der Waals surface area contributed by atoms with Crippen LogP contribution in [-0.2, 0) is 10.0 Å². The molecule has 9 nitrogen and oxygen atoms in total. The lowest BCUT2D eigenvalue weighted by Gasteiger charge is -2.43. The van der Waals surface area contributed by atoms with Crippen LogP contribution in [0.25, 0.3) is 22.8 Å². The zero-order valence-corrected chi connectivity index (χ0v) is 17.6. The van der Waals surface area contributed by atoms with E-state index in [9.17, 15) is 13.7 Å². The van der Waals surface area contributed by atoms with Crippen molar-refractivity contribution in [3.05, 3.63) is 42.4 Å². The van der Waals surface area contributed by atoms with E-state index >= 15 is 0 Å². The number of nitrogen functional groups attached to an aromatic ring is 1. The summed E-state index contributed by atoms with van der Waals surface area (Å²) < 4.78 is 34.4. The molecular formula is C21H20N6O3S. The lowest BCUT2D eigenvalue weighted by molar-refractivity contribution is 0.161. The van der Waals surface area contributed by atoms with Gasteiger partial charge in [0.2, 0.25) is 15.9 Å². The van der Waals surface area contributed by atoms with E-state index in [1.54, 1.807) is 18.2 Å². The van der Waals surface area contributed by atoms with Gasteiger partial charge in [0.25, 0.3) is 0 Å². The van der Waals surface area contributed by atoms with Gasteiger partial charge in [0.15, 0.2) is 11.5 Å². The summed E-state index contributed by atoms with van der Waals surface area (Å²) in [5.41, 5.74) is 7.25. The average Bonchev–Trinajstić information content (AvgIpc) is 3.44. The molecule has 0 aliphatic heterocycles. The van der Waals surface area contributed by atoms with Crippen molar-refractivity contribution >= 4 is 15.8 Å². The Balaban J connectivity index is 1.49. The van der Waals surface area contributed by atoms with Gasteiger partial charge >= 0.3 is 0 Å². The fraction of sp³-hybridized carbons (Fsp3) is 0.333. The number of rotatable bonds is 5.